The van der Waals surface area contributed by atoms with E-state index in [4.69, 9.17) is 14.8 Å². The van der Waals surface area contributed by atoms with Crippen molar-refractivity contribution in [2.75, 3.05) is 29.9 Å². The van der Waals surface area contributed by atoms with Crippen LogP contribution in [-0.4, -0.2) is 50.9 Å². The van der Waals surface area contributed by atoms with Crippen molar-refractivity contribution in [2.24, 2.45) is 22.7 Å². The number of nitrogens with one attached hydrogen (secondary N) is 2. The van der Waals surface area contributed by atoms with Crippen molar-refractivity contribution in [3.05, 3.63) is 48.3 Å². The summed E-state index contributed by atoms with van der Waals surface area (Å²) in [6, 6.07) is 9.63. The summed E-state index contributed by atoms with van der Waals surface area (Å²) in [5, 5.41) is 8.16. The molecule has 6 heterocycles. The van der Waals surface area contributed by atoms with E-state index in [1.807, 2.05) is 36.5 Å². The van der Waals surface area contributed by atoms with E-state index in [1.165, 1.54) is 37.6 Å². The fraction of sp³-hybridized carbons (Fsp3) is 0.562. The van der Waals surface area contributed by atoms with Crippen molar-refractivity contribution in [3.8, 4) is 11.7 Å². The zero-order valence-electron chi connectivity index (χ0n) is 24.4. The van der Waals surface area contributed by atoms with E-state index in [0.29, 0.717) is 45.7 Å². The van der Waals surface area contributed by atoms with Gasteiger partial charge in [0.15, 0.2) is 5.82 Å². The Balaban J connectivity index is 1.06. The summed E-state index contributed by atoms with van der Waals surface area (Å²) in [6.45, 7) is 7.08. The zero-order chi connectivity index (χ0) is 28.5. The third kappa shape index (κ3) is 4.44. The van der Waals surface area contributed by atoms with Crippen LogP contribution in [0.3, 0.4) is 0 Å². The fourth-order valence-electron chi connectivity index (χ4n) is 8.18. The average Bonchev–Trinajstić information content (AvgIpc) is 3.94. The molecule has 9 rings (SSSR count). The van der Waals surface area contributed by atoms with Crippen LogP contribution in [0, 0.1) is 22.7 Å². The van der Waals surface area contributed by atoms with Crippen LogP contribution in [-0.2, 0) is 0 Å². The second-order valence-electron chi connectivity index (χ2n) is 13.6. The monoisotopic (exact) mass is 585 g/mol. The van der Waals surface area contributed by atoms with Crippen molar-refractivity contribution in [3.63, 3.8) is 0 Å². The van der Waals surface area contributed by atoms with E-state index in [9.17, 15) is 4.79 Å². The second-order valence-corrected chi connectivity index (χ2v) is 14.5. The molecule has 6 aliphatic rings. The summed E-state index contributed by atoms with van der Waals surface area (Å²) in [5.74, 6) is 3.98. The Bertz CT molecular complexity index is 1490. The number of rotatable bonds is 4. The van der Waals surface area contributed by atoms with Crippen LogP contribution in [0.1, 0.15) is 75.6 Å². The quantitative estimate of drug-likeness (QED) is 0.367. The van der Waals surface area contributed by atoms with E-state index in [2.05, 4.69) is 33.8 Å². The lowest BCUT2D eigenvalue weighted by atomic mass is 9.93. The summed E-state index contributed by atoms with van der Waals surface area (Å²) in [7, 11) is 0. The number of amides is 1. The molecule has 1 atom stereocenters. The molecule has 2 spiro atoms. The Morgan fingerprint density at radius 3 is 2.67 bits per heavy atom. The normalized spacial score (nSPS) is 25.0. The molecule has 10 heteroatoms. The molecule has 220 valence electrons. The van der Waals surface area contributed by atoms with Crippen LogP contribution in [0.5, 0.6) is 5.88 Å². The van der Waals surface area contributed by atoms with E-state index in [1.54, 1.807) is 10.9 Å². The molecular weight excluding hydrogens is 546 g/mol. The molecule has 0 radical (unpaired) electrons. The van der Waals surface area contributed by atoms with Crippen LogP contribution in [0.2, 0.25) is 0 Å². The molecular formula is C32H39N7O2S. The molecule has 3 aliphatic carbocycles. The lowest BCUT2D eigenvalue weighted by Gasteiger charge is -2.34. The maximum absolute atomic E-state index is 13.6. The largest absolute Gasteiger partial charge is 0.476 e. The van der Waals surface area contributed by atoms with Gasteiger partial charge in [-0.3, -0.25) is 9.52 Å². The highest BCUT2D eigenvalue weighted by Gasteiger charge is 2.86. The van der Waals surface area contributed by atoms with Gasteiger partial charge in [0.05, 0.1) is 12.2 Å². The highest BCUT2D eigenvalue weighted by molar-refractivity contribution is 7.98. The first kappa shape index (κ1) is 26.4. The Labute approximate surface area is 251 Å². The number of nitrogens with zero attached hydrogens (tertiary/aromatic N) is 5. The van der Waals surface area contributed by atoms with E-state index in [0.717, 1.165) is 56.1 Å². The van der Waals surface area contributed by atoms with Gasteiger partial charge in [-0.2, -0.15) is 0 Å². The number of fused-ring (bicyclic) bond motifs is 9. The van der Waals surface area contributed by atoms with E-state index >= 15 is 0 Å². The zero-order valence-corrected chi connectivity index (χ0v) is 25.3. The van der Waals surface area contributed by atoms with Gasteiger partial charge in [-0.05, 0) is 112 Å². The van der Waals surface area contributed by atoms with Crippen LogP contribution in [0.4, 0.5) is 11.6 Å². The Morgan fingerprint density at radius 1 is 1.07 bits per heavy atom. The van der Waals surface area contributed by atoms with Gasteiger partial charge in [0.25, 0.3) is 5.91 Å². The number of pyridine rings is 2. The highest BCUT2D eigenvalue weighted by atomic mass is 32.2. The highest BCUT2D eigenvalue weighted by Crippen LogP contribution is 2.92. The van der Waals surface area contributed by atoms with Crippen molar-refractivity contribution in [1.29, 1.82) is 0 Å². The number of anilines is 2. The van der Waals surface area contributed by atoms with Gasteiger partial charge in [0, 0.05) is 47.9 Å². The number of ether oxygens (including phenoxy) is 1. The number of hydrogen-bond acceptors (Lipinski definition) is 8. The third-order valence-electron chi connectivity index (χ3n) is 10.7. The standard InChI is InChI=1S/C32H39N7O2S/c1-30(2)17-21-5-3-4-15-33-25-8-6-22(18-34-25)42-37-29(40)23-7-9-26(35-28(23)38(30)19-21)39-16-10-27(36-39)41-20-24-31(11-12-31)32(24)13-14-32/h6-10,16,18,21,24H,3-5,11-15,17,19-20H2,1-2H3,(H,33,34)(H,37,40). The summed E-state index contributed by atoms with van der Waals surface area (Å²) in [5.41, 5.74) is 1.68. The van der Waals surface area contributed by atoms with Crippen molar-refractivity contribution >= 4 is 29.5 Å². The Morgan fingerprint density at radius 2 is 1.90 bits per heavy atom. The van der Waals surface area contributed by atoms with Gasteiger partial charge in [0.2, 0.25) is 5.88 Å². The fourth-order valence-corrected chi connectivity index (χ4v) is 8.75. The predicted molar refractivity (Wildman–Crippen MR) is 163 cm³/mol. The van der Waals surface area contributed by atoms with Crippen LogP contribution >= 0.6 is 11.9 Å². The summed E-state index contributed by atoms with van der Waals surface area (Å²) >= 11 is 1.27. The van der Waals surface area contributed by atoms with Crippen LogP contribution in [0.15, 0.2) is 47.6 Å². The van der Waals surface area contributed by atoms with Crippen LogP contribution in [0.25, 0.3) is 5.82 Å². The minimum atomic E-state index is -0.170. The summed E-state index contributed by atoms with van der Waals surface area (Å²) < 4.78 is 11.0. The first-order chi connectivity index (χ1) is 20.4. The summed E-state index contributed by atoms with van der Waals surface area (Å²) in [6.07, 6.45) is 13.7. The smallest absolute Gasteiger partial charge is 0.265 e. The topological polar surface area (TPSA) is 97.2 Å². The molecule has 1 saturated heterocycles. The number of hydrogen-bond donors (Lipinski definition) is 2. The third-order valence-corrected chi connectivity index (χ3v) is 11.4. The SMILES string of the molecule is CC1(C)CC2CCCCNc3ccc(cn3)SNC(=O)c3ccc(-n4ccc(OCC5C6(CC6)C56CC6)n4)nc3N1C2. The molecule has 0 aromatic carbocycles. The van der Waals surface area contributed by atoms with Gasteiger partial charge in [-0.15, -0.1) is 5.10 Å². The number of carbonyl (C=O) groups excluding carboxylic acids is 1. The van der Waals surface area contributed by atoms with Crippen molar-refractivity contribution in [1.82, 2.24) is 24.5 Å². The lowest BCUT2D eigenvalue weighted by molar-refractivity contribution is 0.0984. The minimum absolute atomic E-state index is 0.124. The Kier molecular flexibility index (Phi) is 6.04. The van der Waals surface area contributed by atoms with Crippen molar-refractivity contribution < 1.29 is 9.53 Å². The molecule has 42 heavy (non-hydrogen) atoms. The van der Waals surface area contributed by atoms with Crippen molar-refractivity contribution in [2.45, 2.75) is 75.6 Å². The van der Waals surface area contributed by atoms with E-state index in [-0.39, 0.29) is 11.4 Å². The predicted octanol–water partition coefficient (Wildman–Crippen LogP) is 5.87. The molecule has 1 amide bonds. The molecule has 3 aromatic heterocycles. The van der Waals surface area contributed by atoms with Gasteiger partial charge >= 0.3 is 0 Å². The van der Waals surface area contributed by atoms with Gasteiger partial charge in [0.1, 0.15) is 11.6 Å². The van der Waals surface area contributed by atoms with Gasteiger partial charge < -0.3 is 15.0 Å². The average molecular weight is 586 g/mol. The molecule has 2 N–H and O–H groups in total. The number of aromatic nitrogens is 4. The van der Waals surface area contributed by atoms with Gasteiger partial charge in [-0.25, -0.2) is 14.6 Å². The molecule has 3 aliphatic heterocycles. The summed E-state index contributed by atoms with van der Waals surface area (Å²) in [4.78, 5) is 26.4. The molecule has 3 saturated carbocycles. The molecule has 4 fully saturated rings. The molecule has 9 nitrogen and oxygen atoms in total. The first-order valence-electron chi connectivity index (χ1n) is 15.5. The maximum atomic E-state index is 13.6. The van der Waals surface area contributed by atoms with Crippen LogP contribution < -0.4 is 19.7 Å². The van der Waals surface area contributed by atoms with E-state index < -0.39 is 0 Å². The second kappa shape index (κ2) is 9.62. The Hall–Kier alpha value is -3.27. The molecule has 4 bridgehead atoms. The lowest BCUT2D eigenvalue weighted by Crippen LogP contribution is -2.40. The minimum Gasteiger partial charge on any atom is -0.476 e. The molecule has 1 unspecified atom stereocenters. The van der Waals surface area contributed by atoms with Gasteiger partial charge in [-0.1, -0.05) is 6.42 Å². The molecule has 3 aromatic rings. The first-order valence-corrected chi connectivity index (χ1v) is 16.3. The number of carbonyl (C=O) groups is 1. The maximum Gasteiger partial charge on any atom is 0.265 e.